The van der Waals surface area contributed by atoms with Crippen molar-refractivity contribution in [1.82, 2.24) is 15.3 Å². The summed E-state index contributed by atoms with van der Waals surface area (Å²) in [6, 6.07) is 10.7. The standard InChI is InChI=1S/C19H22F3N5S/c1-13-7-5-6-10-27(13)16-11-15(19(20,21)22)24-17(25-16)26-18(28)23-12-14-8-3-2-4-9-14/h2-4,8-9,11,13H,5-7,10,12H2,1H3,(H2,23,24,25,26,28)/t13-/m0/s1. The lowest BCUT2D eigenvalue weighted by Gasteiger charge is -2.34. The van der Waals surface area contributed by atoms with E-state index in [0.717, 1.165) is 30.9 Å². The first-order chi connectivity index (χ1) is 13.3. The number of benzene rings is 1. The quantitative estimate of drug-likeness (QED) is 0.732. The predicted molar refractivity (Wildman–Crippen MR) is 107 cm³/mol. The Labute approximate surface area is 167 Å². The smallest absolute Gasteiger partial charge is 0.358 e. The normalized spacial score (nSPS) is 17.3. The molecule has 1 aliphatic rings. The topological polar surface area (TPSA) is 53.1 Å². The molecule has 2 aromatic rings. The molecule has 28 heavy (non-hydrogen) atoms. The fourth-order valence-electron chi connectivity index (χ4n) is 3.15. The summed E-state index contributed by atoms with van der Waals surface area (Å²) in [4.78, 5) is 9.81. The fraction of sp³-hybridized carbons (Fsp3) is 0.421. The Balaban J connectivity index is 1.77. The molecular formula is C19H22F3N5S. The van der Waals surface area contributed by atoms with Gasteiger partial charge >= 0.3 is 6.18 Å². The third-order valence-corrected chi connectivity index (χ3v) is 4.87. The van der Waals surface area contributed by atoms with E-state index in [0.29, 0.717) is 13.1 Å². The van der Waals surface area contributed by atoms with Crippen LogP contribution in [0.4, 0.5) is 24.9 Å². The predicted octanol–water partition coefficient (Wildman–Crippen LogP) is 4.36. The van der Waals surface area contributed by atoms with Crippen LogP contribution in [0.15, 0.2) is 36.4 Å². The number of rotatable bonds is 4. The number of piperidine rings is 1. The monoisotopic (exact) mass is 409 g/mol. The van der Waals surface area contributed by atoms with Gasteiger partial charge in [-0.15, -0.1) is 0 Å². The molecule has 5 nitrogen and oxygen atoms in total. The molecule has 1 atom stereocenters. The maximum Gasteiger partial charge on any atom is 0.433 e. The zero-order valence-electron chi connectivity index (χ0n) is 15.5. The van der Waals surface area contributed by atoms with E-state index in [1.54, 1.807) is 0 Å². The van der Waals surface area contributed by atoms with Gasteiger partial charge in [0.1, 0.15) is 5.82 Å². The molecule has 1 aromatic heterocycles. The SMILES string of the molecule is C[C@H]1CCCCN1c1cc(C(F)(F)F)nc(NC(=S)NCc2ccccc2)n1. The molecule has 150 valence electrons. The molecule has 1 fully saturated rings. The van der Waals surface area contributed by atoms with Crippen LogP contribution >= 0.6 is 12.2 Å². The number of hydrogen-bond donors (Lipinski definition) is 2. The molecular weight excluding hydrogens is 387 g/mol. The van der Waals surface area contributed by atoms with E-state index < -0.39 is 11.9 Å². The molecule has 0 bridgehead atoms. The number of aromatic nitrogens is 2. The van der Waals surface area contributed by atoms with Crippen molar-refractivity contribution >= 4 is 29.1 Å². The van der Waals surface area contributed by atoms with Crippen molar-refractivity contribution in [3.63, 3.8) is 0 Å². The maximum absolute atomic E-state index is 13.3. The first-order valence-corrected chi connectivity index (χ1v) is 9.55. The number of hydrogen-bond acceptors (Lipinski definition) is 4. The zero-order valence-corrected chi connectivity index (χ0v) is 16.3. The Morgan fingerprint density at radius 3 is 2.64 bits per heavy atom. The largest absolute Gasteiger partial charge is 0.433 e. The van der Waals surface area contributed by atoms with Gasteiger partial charge in [-0.05, 0) is 44.0 Å². The fourth-order valence-corrected chi connectivity index (χ4v) is 3.31. The number of alkyl halides is 3. The van der Waals surface area contributed by atoms with Crippen LogP contribution in [0.1, 0.15) is 37.4 Å². The van der Waals surface area contributed by atoms with Gasteiger partial charge in [-0.2, -0.15) is 18.2 Å². The third-order valence-electron chi connectivity index (χ3n) is 4.62. The van der Waals surface area contributed by atoms with Crippen molar-refractivity contribution in [2.75, 3.05) is 16.8 Å². The molecule has 0 spiro atoms. The second kappa shape index (κ2) is 8.72. The Morgan fingerprint density at radius 1 is 1.21 bits per heavy atom. The van der Waals surface area contributed by atoms with Gasteiger partial charge in [-0.1, -0.05) is 30.3 Å². The van der Waals surface area contributed by atoms with Crippen molar-refractivity contribution in [2.24, 2.45) is 0 Å². The summed E-state index contributed by atoms with van der Waals surface area (Å²) in [6.07, 6.45) is -1.65. The van der Waals surface area contributed by atoms with Crippen molar-refractivity contribution in [3.05, 3.63) is 47.7 Å². The summed E-state index contributed by atoms with van der Waals surface area (Å²) in [7, 11) is 0. The number of nitrogens with one attached hydrogen (secondary N) is 2. The molecule has 3 rings (SSSR count). The van der Waals surface area contributed by atoms with E-state index >= 15 is 0 Å². The minimum absolute atomic E-state index is 0.126. The van der Waals surface area contributed by atoms with Crippen LogP contribution in [0.25, 0.3) is 0 Å². The van der Waals surface area contributed by atoms with Gasteiger partial charge < -0.3 is 15.5 Å². The van der Waals surface area contributed by atoms with Gasteiger partial charge in [0.05, 0.1) is 0 Å². The molecule has 0 aliphatic carbocycles. The summed E-state index contributed by atoms with van der Waals surface area (Å²) < 4.78 is 40.0. The Morgan fingerprint density at radius 2 is 1.96 bits per heavy atom. The Bertz CT molecular complexity index is 813. The Kier molecular flexibility index (Phi) is 6.33. The van der Waals surface area contributed by atoms with Crippen LogP contribution in [-0.4, -0.2) is 27.7 Å². The van der Waals surface area contributed by atoms with Crippen molar-refractivity contribution < 1.29 is 13.2 Å². The molecule has 0 unspecified atom stereocenters. The molecule has 9 heteroatoms. The average Bonchev–Trinajstić information content (AvgIpc) is 2.66. The summed E-state index contributed by atoms with van der Waals surface area (Å²) in [5.41, 5.74) is 0.0167. The summed E-state index contributed by atoms with van der Waals surface area (Å²) in [6.45, 7) is 3.11. The van der Waals surface area contributed by atoms with E-state index in [4.69, 9.17) is 12.2 Å². The highest BCUT2D eigenvalue weighted by Crippen LogP contribution is 2.32. The van der Waals surface area contributed by atoms with Gasteiger partial charge in [0.2, 0.25) is 5.95 Å². The maximum atomic E-state index is 13.3. The molecule has 2 heterocycles. The van der Waals surface area contributed by atoms with Crippen molar-refractivity contribution in [3.8, 4) is 0 Å². The van der Waals surface area contributed by atoms with Gasteiger partial charge in [0, 0.05) is 25.2 Å². The molecule has 0 saturated carbocycles. The summed E-state index contributed by atoms with van der Waals surface area (Å²) in [5, 5.41) is 5.82. The summed E-state index contributed by atoms with van der Waals surface area (Å²) >= 11 is 5.20. The molecule has 0 amide bonds. The number of nitrogens with zero attached hydrogens (tertiary/aromatic N) is 3. The first-order valence-electron chi connectivity index (χ1n) is 9.14. The highest BCUT2D eigenvalue weighted by Gasteiger charge is 2.35. The van der Waals surface area contributed by atoms with Gasteiger partial charge in [-0.3, -0.25) is 0 Å². The second-order valence-corrected chi connectivity index (χ2v) is 7.17. The van der Waals surface area contributed by atoms with E-state index in [1.165, 1.54) is 0 Å². The second-order valence-electron chi connectivity index (χ2n) is 6.76. The lowest BCUT2D eigenvalue weighted by molar-refractivity contribution is -0.141. The highest BCUT2D eigenvalue weighted by atomic mass is 32.1. The minimum atomic E-state index is -4.56. The average molecular weight is 409 g/mol. The Hall–Kier alpha value is -2.42. The molecule has 1 saturated heterocycles. The lowest BCUT2D eigenvalue weighted by atomic mass is 10.0. The van der Waals surface area contributed by atoms with Crippen LogP contribution < -0.4 is 15.5 Å². The van der Waals surface area contributed by atoms with Crippen molar-refractivity contribution in [2.45, 2.75) is 44.9 Å². The third kappa shape index (κ3) is 5.31. The van der Waals surface area contributed by atoms with Crippen LogP contribution in [0, 0.1) is 0 Å². The number of anilines is 2. The van der Waals surface area contributed by atoms with E-state index in [2.05, 4.69) is 20.6 Å². The minimum Gasteiger partial charge on any atom is -0.358 e. The van der Waals surface area contributed by atoms with Gasteiger partial charge in [-0.25, -0.2) is 4.98 Å². The molecule has 0 radical (unpaired) electrons. The van der Waals surface area contributed by atoms with Crippen molar-refractivity contribution in [1.29, 1.82) is 0 Å². The van der Waals surface area contributed by atoms with Gasteiger partial charge in [0.25, 0.3) is 0 Å². The number of thiocarbonyl (C=S) groups is 1. The van der Waals surface area contributed by atoms with Crippen LogP contribution in [-0.2, 0) is 12.7 Å². The molecule has 1 aromatic carbocycles. The van der Waals surface area contributed by atoms with E-state index in [9.17, 15) is 13.2 Å². The first kappa shape index (κ1) is 20.3. The summed E-state index contributed by atoms with van der Waals surface area (Å²) in [5.74, 6) is 0.107. The molecule has 2 N–H and O–H groups in total. The van der Waals surface area contributed by atoms with Gasteiger partial charge in [0.15, 0.2) is 10.8 Å². The molecule has 1 aliphatic heterocycles. The van der Waals surface area contributed by atoms with E-state index in [1.807, 2.05) is 42.2 Å². The number of halogens is 3. The highest BCUT2D eigenvalue weighted by molar-refractivity contribution is 7.80. The van der Waals surface area contributed by atoms with E-state index in [-0.39, 0.29) is 22.9 Å². The van der Waals surface area contributed by atoms with Crippen LogP contribution in [0.5, 0.6) is 0 Å². The zero-order chi connectivity index (χ0) is 20.1. The van der Waals surface area contributed by atoms with Crippen LogP contribution in [0.3, 0.4) is 0 Å². The van der Waals surface area contributed by atoms with Crippen LogP contribution in [0.2, 0.25) is 0 Å². The lowest BCUT2D eigenvalue weighted by Crippen LogP contribution is -2.38.